The fourth-order valence-electron chi connectivity index (χ4n) is 2.75. The first-order valence-corrected chi connectivity index (χ1v) is 8.04. The smallest absolute Gasteiger partial charge is 0.273 e. The predicted molar refractivity (Wildman–Crippen MR) is 96.8 cm³/mol. The SMILES string of the molecule is Cc1sc(-c2ccco2)nc1C(=O)N1CCCCC1CN.Cl.Cl. The van der Waals surface area contributed by atoms with E-state index in [1.165, 1.54) is 11.3 Å². The minimum Gasteiger partial charge on any atom is -0.462 e. The number of nitrogens with two attached hydrogens (primary N) is 1. The van der Waals surface area contributed by atoms with Gasteiger partial charge in [-0.25, -0.2) is 4.98 Å². The molecule has 2 aromatic heterocycles. The molecule has 3 heterocycles. The summed E-state index contributed by atoms with van der Waals surface area (Å²) in [6.07, 6.45) is 4.77. The van der Waals surface area contributed by atoms with Crippen molar-refractivity contribution in [2.75, 3.05) is 13.1 Å². The van der Waals surface area contributed by atoms with E-state index in [-0.39, 0.29) is 36.8 Å². The van der Waals surface area contributed by atoms with Crippen LogP contribution in [0.4, 0.5) is 0 Å². The highest BCUT2D eigenvalue weighted by molar-refractivity contribution is 7.15. The summed E-state index contributed by atoms with van der Waals surface area (Å²) in [5.41, 5.74) is 6.34. The Bertz CT molecular complexity index is 631. The van der Waals surface area contributed by atoms with Crippen LogP contribution in [-0.2, 0) is 0 Å². The Morgan fingerprint density at radius 3 is 2.91 bits per heavy atom. The maximum atomic E-state index is 12.8. The van der Waals surface area contributed by atoms with Crippen molar-refractivity contribution in [3.05, 3.63) is 29.0 Å². The van der Waals surface area contributed by atoms with E-state index >= 15 is 0 Å². The highest BCUT2D eigenvalue weighted by atomic mass is 35.5. The summed E-state index contributed by atoms with van der Waals surface area (Å²) in [5.74, 6) is 0.702. The van der Waals surface area contributed by atoms with Gasteiger partial charge in [-0.3, -0.25) is 4.79 Å². The lowest BCUT2D eigenvalue weighted by Crippen LogP contribution is -2.47. The van der Waals surface area contributed by atoms with Crippen molar-refractivity contribution in [3.8, 4) is 10.8 Å². The Labute approximate surface area is 152 Å². The molecule has 128 valence electrons. The Hall–Kier alpha value is -1.08. The van der Waals surface area contributed by atoms with Crippen molar-refractivity contribution < 1.29 is 9.21 Å². The van der Waals surface area contributed by atoms with Crippen LogP contribution in [0.15, 0.2) is 22.8 Å². The fraction of sp³-hybridized carbons (Fsp3) is 0.467. The first-order chi connectivity index (χ1) is 10.2. The van der Waals surface area contributed by atoms with E-state index in [0.717, 1.165) is 35.7 Å². The van der Waals surface area contributed by atoms with Crippen LogP contribution >= 0.6 is 36.2 Å². The van der Waals surface area contributed by atoms with Crippen LogP contribution in [0, 0.1) is 6.92 Å². The molecule has 1 aliphatic heterocycles. The maximum Gasteiger partial charge on any atom is 0.273 e. The molecule has 0 aliphatic carbocycles. The quantitative estimate of drug-likeness (QED) is 0.887. The summed E-state index contributed by atoms with van der Waals surface area (Å²) in [4.78, 5) is 20.1. The average molecular weight is 378 g/mol. The lowest BCUT2D eigenvalue weighted by atomic mass is 10.0. The van der Waals surface area contributed by atoms with Gasteiger partial charge in [0.25, 0.3) is 5.91 Å². The lowest BCUT2D eigenvalue weighted by molar-refractivity contribution is 0.0617. The number of rotatable bonds is 3. The number of aryl methyl sites for hydroxylation is 1. The zero-order chi connectivity index (χ0) is 14.8. The van der Waals surface area contributed by atoms with E-state index in [1.807, 2.05) is 24.0 Å². The van der Waals surface area contributed by atoms with E-state index in [0.29, 0.717) is 18.0 Å². The Balaban J connectivity index is 0.00000132. The van der Waals surface area contributed by atoms with Crippen molar-refractivity contribution in [2.24, 2.45) is 5.73 Å². The van der Waals surface area contributed by atoms with Gasteiger partial charge < -0.3 is 15.1 Å². The molecule has 1 fully saturated rings. The molecule has 1 unspecified atom stereocenters. The molecule has 0 bridgehead atoms. The van der Waals surface area contributed by atoms with Gasteiger partial charge in [-0.1, -0.05) is 0 Å². The number of amides is 1. The van der Waals surface area contributed by atoms with E-state index < -0.39 is 0 Å². The van der Waals surface area contributed by atoms with Gasteiger partial charge in [-0.05, 0) is 38.3 Å². The van der Waals surface area contributed by atoms with Crippen molar-refractivity contribution >= 4 is 42.1 Å². The zero-order valence-corrected chi connectivity index (χ0v) is 15.3. The van der Waals surface area contributed by atoms with Gasteiger partial charge >= 0.3 is 0 Å². The fourth-order valence-corrected chi connectivity index (χ4v) is 3.62. The first kappa shape index (κ1) is 20.0. The van der Waals surface area contributed by atoms with Crippen molar-refractivity contribution in [3.63, 3.8) is 0 Å². The van der Waals surface area contributed by atoms with Crippen LogP contribution < -0.4 is 5.73 Å². The van der Waals surface area contributed by atoms with Gasteiger partial charge in [0.1, 0.15) is 5.69 Å². The molecular formula is C15H21Cl2N3O2S. The predicted octanol–water partition coefficient (Wildman–Crippen LogP) is 3.51. The number of aromatic nitrogens is 1. The minimum absolute atomic E-state index is 0. The molecule has 0 aromatic carbocycles. The lowest BCUT2D eigenvalue weighted by Gasteiger charge is -2.34. The van der Waals surface area contributed by atoms with E-state index in [2.05, 4.69) is 4.98 Å². The molecule has 1 atom stereocenters. The summed E-state index contributed by atoms with van der Waals surface area (Å²) >= 11 is 1.49. The molecule has 1 aliphatic rings. The second-order valence-corrected chi connectivity index (χ2v) is 6.49. The van der Waals surface area contributed by atoms with Crippen LogP contribution in [0.3, 0.4) is 0 Å². The van der Waals surface area contributed by atoms with E-state index in [9.17, 15) is 4.79 Å². The van der Waals surface area contributed by atoms with E-state index in [4.69, 9.17) is 10.2 Å². The first-order valence-electron chi connectivity index (χ1n) is 7.23. The number of nitrogens with zero attached hydrogens (tertiary/aromatic N) is 2. The minimum atomic E-state index is -0.00305. The second-order valence-electron chi connectivity index (χ2n) is 5.28. The van der Waals surface area contributed by atoms with Crippen LogP contribution in [0.2, 0.25) is 0 Å². The van der Waals surface area contributed by atoms with Gasteiger partial charge in [0, 0.05) is 24.0 Å². The van der Waals surface area contributed by atoms with Gasteiger partial charge in [0.2, 0.25) is 0 Å². The number of likely N-dealkylation sites (tertiary alicyclic amines) is 1. The zero-order valence-electron chi connectivity index (χ0n) is 12.9. The number of halogens is 2. The number of thiazole rings is 1. The number of furan rings is 1. The summed E-state index contributed by atoms with van der Waals surface area (Å²) in [6.45, 7) is 3.21. The standard InChI is InChI=1S/C15H19N3O2S.2ClH/c1-10-13(17-14(21-10)12-6-4-8-20-12)15(19)18-7-3-2-5-11(18)9-16;;/h4,6,8,11H,2-3,5,7,9,16H2,1H3;2*1H. The maximum absolute atomic E-state index is 12.8. The Morgan fingerprint density at radius 2 is 2.26 bits per heavy atom. The molecule has 23 heavy (non-hydrogen) atoms. The molecule has 3 rings (SSSR count). The molecule has 1 saturated heterocycles. The highest BCUT2D eigenvalue weighted by Crippen LogP contribution is 2.29. The summed E-state index contributed by atoms with van der Waals surface area (Å²) < 4.78 is 5.36. The Kier molecular flexibility index (Phi) is 7.54. The van der Waals surface area contributed by atoms with Gasteiger partial charge in [0.15, 0.2) is 10.8 Å². The molecule has 5 nitrogen and oxygen atoms in total. The number of carbonyl (C=O) groups is 1. The third-order valence-electron chi connectivity index (χ3n) is 3.89. The topological polar surface area (TPSA) is 72.4 Å². The van der Waals surface area contributed by atoms with Gasteiger partial charge in [0.05, 0.1) is 6.26 Å². The van der Waals surface area contributed by atoms with Crippen LogP contribution in [-0.4, -0.2) is 34.9 Å². The number of carbonyl (C=O) groups excluding carboxylic acids is 1. The number of hydrogen-bond donors (Lipinski definition) is 1. The molecule has 2 aromatic rings. The molecule has 8 heteroatoms. The van der Waals surface area contributed by atoms with Gasteiger partial charge in [-0.15, -0.1) is 36.2 Å². The van der Waals surface area contributed by atoms with E-state index in [1.54, 1.807) is 6.26 Å². The molecule has 2 N–H and O–H groups in total. The van der Waals surface area contributed by atoms with Crippen LogP contribution in [0.1, 0.15) is 34.6 Å². The second kappa shape index (κ2) is 8.68. The normalized spacial score (nSPS) is 17.3. The van der Waals surface area contributed by atoms with Crippen molar-refractivity contribution in [1.29, 1.82) is 0 Å². The summed E-state index contributed by atoms with van der Waals surface area (Å²) in [7, 11) is 0. The molecular weight excluding hydrogens is 357 g/mol. The summed E-state index contributed by atoms with van der Waals surface area (Å²) in [6, 6.07) is 3.82. The average Bonchev–Trinajstić information content (AvgIpc) is 3.15. The molecule has 0 radical (unpaired) electrons. The van der Waals surface area contributed by atoms with Crippen LogP contribution in [0.25, 0.3) is 10.8 Å². The van der Waals surface area contributed by atoms with Crippen molar-refractivity contribution in [1.82, 2.24) is 9.88 Å². The van der Waals surface area contributed by atoms with Gasteiger partial charge in [-0.2, -0.15) is 0 Å². The van der Waals surface area contributed by atoms with Crippen LogP contribution in [0.5, 0.6) is 0 Å². The molecule has 0 spiro atoms. The molecule has 1 amide bonds. The number of hydrogen-bond acceptors (Lipinski definition) is 5. The monoisotopic (exact) mass is 377 g/mol. The molecule has 0 saturated carbocycles. The van der Waals surface area contributed by atoms with Crippen molar-refractivity contribution in [2.45, 2.75) is 32.2 Å². The number of piperidine rings is 1. The summed E-state index contributed by atoms with van der Waals surface area (Å²) in [5, 5.41) is 0.752. The third kappa shape index (κ3) is 4.07. The third-order valence-corrected chi connectivity index (χ3v) is 4.88. The Morgan fingerprint density at radius 1 is 1.48 bits per heavy atom. The largest absolute Gasteiger partial charge is 0.462 e. The highest BCUT2D eigenvalue weighted by Gasteiger charge is 2.29.